The average Bonchev–Trinajstić information content (AvgIpc) is 2.80. The van der Waals surface area contributed by atoms with E-state index in [0.717, 1.165) is 12.2 Å². The molecule has 0 fully saturated rings. The van der Waals surface area contributed by atoms with Gasteiger partial charge in [-0.25, -0.2) is 4.39 Å². The highest BCUT2D eigenvalue weighted by molar-refractivity contribution is 9.10. The molecule has 0 radical (unpaired) electrons. The van der Waals surface area contributed by atoms with Crippen LogP contribution in [0, 0.1) is 5.82 Å². The van der Waals surface area contributed by atoms with Gasteiger partial charge in [0.15, 0.2) is 5.76 Å². The number of furan rings is 1. The number of halogens is 2. The highest BCUT2D eigenvalue weighted by Gasteiger charge is 2.14. The Kier molecular flexibility index (Phi) is 3.43. The van der Waals surface area contributed by atoms with E-state index in [1.807, 2.05) is 6.92 Å². The van der Waals surface area contributed by atoms with Crippen LogP contribution in [0.1, 0.15) is 28.8 Å². The minimum absolute atomic E-state index is 0.245. The van der Waals surface area contributed by atoms with Gasteiger partial charge in [-0.1, -0.05) is 6.92 Å². The van der Waals surface area contributed by atoms with E-state index in [1.165, 1.54) is 18.2 Å². The Labute approximate surface area is 107 Å². The first-order valence-corrected chi connectivity index (χ1v) is 5.99. The molecule has 88 valence electrons. The molecule has 0 bridgehead atoms. The van der Waals surface area contributed by atoms with Crippen molar-refractivity contribution in [1.82, 2.24) is 0 Å². The SMILES string of the molecule is CCc1ccc(C(=O)c2ccc(F)c(Br)c2)o1. The van der Waals surface area contributed by atoms with Gasteiger partial charge in [-0.3, -0.25) is 4.79 Å². The third-order valence-electron chi connectivity index (χ3n) is 2.42. The number of aryl methyl sites for hydroxylation is 1. The zero-order valence-corrected chi connectivity index (χ0v) is 10.8. The van der Waals surface area contributed by atoms with E-state index in [-0.39, 0.29) is 16.0 Å². The summed E-state index contributed by atoms with van der Waals surface area (Å²) in [5, 5.41) is 0. The highest BCUT2D eigenvalue weighted by atomic mass is 79.9. The van der Waals surface area contributed by atoms with Gasteiger partial charge < -0.3 is 4.42 Å². The van der Waals surface area contributed by atoms with Crippen molar-refractivity contribution < 1.29 is 13.6 Å². The lowest BCUT2D eigenvalue weighted by Crippen LogP contribution is -2.00. The van der Waals surface area contributed by atoms with E-state index < -0.39 is 5.82 Å². The summed E-state index contributed by atoms with van der Waals surface area (Å²) in [4.78, 5) is 12.0. The highest BCUT2D eigenvalue weighted by Crippen LogP contribution is 2.20. The lowest BCUT2D eigenvalue weighted by atomic mass is 10.1. The first kappa shape index (κ1) is 12.0. The molecule has 2 nitrogen and oxygen atoms in total. The normalized spacial score (nSPS) is 10.5. The van der Waals surface area contributed by atoms with Crippen molar-refractivity contribution in [2.45, 2.75) is 13.3 Å². The Hall–Kier alpha value is -1.42. The van der Waals surface area contributed by atoms with Gasteiger partial charge in [0.1, 0.15) is 11.6 Å². The van der Waals surface area contributed by atoms with Gasteiger partial charge in [0, 0.05) is 12.0 Å². The van der Waals surface area contributed by atoms with Crippen molar-refractivity contribution in [3.63, 3.8) is 0 Å². The predicted molar refractivity (Wildman–Crippen MR) is 65.6 cm³/mol. The molecule has 0 saturated heterocycles. The number of benzene rings is 1. The van der Waals surface area contributed by atoms with E-state index in [0.29, 0.717) is 5.56 Å². The summed E-state index contributed by atoms with van der Waals surface area (Å²) >= 11 is 3.05. The summed E-state index contributed by atoms with van der Waals surface area (Å²) in [6, 6.07) is 7.55. The number of rotatable bonds is 3. The van der Waals surface area contributed by atoms with E-state index in [2.05, 4.69) is 15.9 Å². The van der Waals surface area contributed by atoms with Crippen molar-refractivity contribution >= 4 is 21.7 Å². The minimum Gasteiger partial charge on any atom is -0.458 e. The molecule has 2 aromatic rings. The molecule has 4 heteroatoms. The van der Waals surface area contributed by atoms with Crippen LogP contribution in [0.3, 0.4) is 0 Å². The maximum Gasteiger partial charge on any atom is 0.228 e. The number of hydrogen-bond acceptors (Lipinski definition) is 2. The molecule has 0 aliphatic rings. The maximum absolute atomic E-state index is 13.0. The van der Waals surface area contributed by atoms with Gasteiger partial charge in [0.05, 0.1) is 4.47 Å². The number of ketones is 1. The molecule has 0 N–H and O–H groups in total. The van der Waals surface area contributed by atoms with Crippen LogP contribution in [0.4, 0.5) is 4.39 Å². The maximum atomic E-state index is 13.0. The van der Waals surface area contributed by atoms with E-state index >= 15 is 0 Å². The van der Waals surface area contributed by atoms with Crippen LogP contribution in [-0.2, 0) is 6.42 Å². The summed E-state index contributed by atoms with van der Waals surface area (Å²) in [6.07, 6.45) is 0.737. The van der Waals surface area contributed by atoms with E-state index in [4.69, 9.17) is 4.42 Å². The molecular weight excluding hydrogens is 287 g/mol. The predicted octanol–water partition coefficient (Wildman–Crippen LogP) is 3.97. The molecule has 1 aromatic heterocycles. The lowest BCUT2D eigenvalue weighted by Gasteiger charge is -1.99. The Morgan fingerprint density at radius 1 is 1.35 bits per heavy atom. The monoisotopic (exact) mass is 296 g/mol. The van der Waals surface area contributed by atoms with Crippen LogP contribution in [0.2, 0.25) is 0 Å². The molecule has 17 heavy (non-hydrogen) atoms. The van der Waals surface area contributed by atoms with Gasteiger partial charge in [-0.2, -0.15) is 0 Å². The number of carbonyl (C=O) groups excluding carboxylic acids is 1. The van der Waals surface area contributed by atoms with E-state index in [1.54, 1.807) is 12.1 Å². The van der Waals surface area contributed by atoms with Crippen LogP contribution in [0.5, 0.6) is 0 Å². The molecule has 0 amide bonds. The van der Waals surface area contributed by atoms with Crippen LogP contribution in [0.15, 0.2) is 39.2 Å². The van der Waals surface area contributed by atoms with Crippen molar-refractivity contribution in [3.8, 4) is 0 Å². The van der Waals surface area contributed by atoms with Crippen LogP contribution in [0.25, 0.3) is 0 Å². The summed E-state index contributed by atoms with van der Waals surface area (Å²) in [7, 11) is 0. The fourth-order valence-corrected chi connectivity index (χ4v) is 1.85. The second kappa shape index (κ2) is 4.84. The fourth-order valence-electron chi connectivity index (χ4n) is 1.47. The standard InChI is InChI=1S/C13H10BrFO2/c1-2-9-4-6-12(17-9)13(16)8-3-5-11(15)10(14)7-8/h3-7H,2H2,1H3. The Bertz CT molecular complexity index is 560. The summed E-state index contributed by atoms with van der Waals surface area (Å²) < 4.78 is 18.7. The fraction of sp³-hybridized carbons (Fsp3) is 0.154. The van der Waals surface area contributed by atoms with Crippen LogP contribution >= 0.6 is 15.9 Å². The smallest absolute Gasteiger partial charge is 0.228 e. The van der Waals surface area contributed by atoms with Gasteiger partial charge in [-0.15, -0.1) is 0 Å². The molecule has 0 aliphatic heterocycles. The second-order valence-corrected chi connectivity index (χ2v) is 4.43. The third kappa shape index (κ3) is 2.47. The topological polar surface area (TPSA) is 30.2 Å². The Balaban J connectivity index is 2.33. The quantitative estimate of drug-likeness (QED) is 0.802. The van der Waals surface area contributed by atoms with Crippen LogP contribution < -0.4 is 0 Å². The van der Waals surface area contributed by atoms with Crippen molar-refractivity contribution in [1.29, 1.82) is 0 Å². The molecule has 1 aromatic carbocycles. The van der Waals surface area contributed by atoms with Crippen molar-refractivity contribution in [2.75, 3.05) is 0 Å². The van der Waals surface area contributed by atoms with Gasteiger partial charge >= 0.3 is 0 Å². The lowest BCUT2D eigenvalue weighted by molar-refractivity contribution is 0.101. The number of carbonyl (C=O) groups is 1. The van der Waals surface area contributed by atoms with E-state index in [9.17, 15) is 9.18 Å². The van der Waals surface area contributed by atoms with Gasteiger partial charge in [0.25, 0.3) is 0 Å². The summed E-state index contributed by atoms with van der Waals surface area (Å²) in [6.45, 7) is 1.95. The van der Waals surface area contributed by atoms with Crippen molar-refractivity contribution in [3.05, 3.63) is 57.7 Å². The molecule has 2 rings (SSSR count). The summed E-state index contributed by atoms with van der Waals surface area (Å²) in [5.41, 5.74) is 0.398. The first-order chi connectivity index (χ1) is 8.11. The average molecular weight is 297 g/mol. The van der Waals surface area contributed by atoms with Crippen LogP contribution in [-0.4, -0.2) is 5.78 Å². The molecule has 0 saturated carbocycles. The summed E-state index contributed by atoms with van der Waals surface area (Å²) in [5.74, 6) is 0.399. The zero-order chi connectivity index (χ0) is 12.4. The minimum atomic E-state index is -0.393. The molecule has 0 atom stereocenters. The molecule has 0 aliphatic carbocycles. The Morgan fingerprint density at radius 2 is 2.12 bits per heavy atom. The molecular formula is C13H10BrFO2. The van der Waals surface area contributed by atoms with Gasteiger partial charge in [-0.05, 0) is 46.3 Å². The second-order valence-electron chi connectivity index (χ2n) is 3.58. The molecule has 1 heterocycles. The number of hydrogen-bond donors (Lipinski definition) is 0. The van der Waals surface area contributed by atoms with Crippen molar-refractivity contribution in [2.24, 2.45) is 0 Å². The Morgan fingerprint density at radius 3 is 2.71 bits per heavy atom. The third-order valence-corrected chi connectivity index (χ3v) is 3.02. The molecule has 0 unspecified atom stereocenters. The molecule has 0 spiro atoms. The largest absolute Gasteiger partial charge is 0.458 e. The zero-order valence-electron chi connectivity index (χ0n) is 9.17. The first-order valence-electron chi connectivity index (χ1n) is 5.20. The van der Waals surface area contributed by atoms with Gasteiger partial charge in [0.2, 0.25) is 5.78 Å².